The van der Waals surface area contributed by atoms with E-state index in [1.165, 1.54) is 11.6 Å². The first-order valence-electron chi connectivity index (χ1n) is 7.21. The fourth-order valence-corrected chi connectivity index (χ4v) is 2.35. The number of rotatable bonds is 3. The molecule has 1 heterocycles. The molecule has 0 radical (unpaired) electrons. The van der Waals surface area contributed by atoms with Gasteiger partial charge in [-0.1, -0.05) is 43.7 Å². The molecule has 3 aromatic rings. The quantitative estimate of drug-likeness (QED) is 0.501. The highest BCUT2D eigenvalue weighted by molar-refractivity contribution is 7.80. The lowest BCUT2D eigenvalue weighted by atomic mass is 10.1. The highest BCUT2D eigenvalue weighted by Gasteiger charge is 2.11. The number of nitrogens with zero attached hydrogens (tertiary/aromatic N) is 2. The molecule has 3 N–H and O–H groups in total. The van der Waals surface area contributed by atoms with Gasteiger partial charge in [-0.2, -0.15) is 0 Å². The smallest absolute Gasteiger partial charge is 0.286 e. The molecular weight excluding hydrogens is 314 g/mol. The Labute approximate surface area is 137 Å². The van der Waals surface area contributed by atoms with Gasteiger partial charge in [-0.3, -0.25) is 9.76 Å². The zero-order chi connectivity index (χ0) is 17.0. The van der Waals surface area contributed by atoms with Crippen LogP contribution in [0.1, 0.15) is 19.4 Å². The molecule has 0 bridgehead atoms. The van der Waals surface area contributed by atoms with E-state index in [4.69, 9.17) is 4.55 Å². The molecule has 0 fully saturated rings. The summed E-state index contributed by atoms with van der Waals surface area (Å²) >= 11 is -2.48. The summed E-state index contributed by atoms with van der Waals surface area (Å²) in [4.78, 5) is 7.60. The zero-order valence-electron chi connectivity index (χ0n) is 13.1. The van der Waals surface area contributed by atoms with E-state index in [0.717, 1.165) is 5.56 Å². The van der Waals surface area contributed by atoms with Crippen LogP contribution < -0.4 is 4.47 Å². The second-order valence-corrected chi connectivity index (χ2v) is 5.46. The van der Waals surface area contributed by atoms with Crippen molar-refractivity contribution in [2.24, 2.45) is 0 Å². The van der Waals surface area contributed by atoms with Gasteiger partial charge in [0.05, 0.1) is 16.7 Å². The van der Waals surface area contributed by atoms with Crippen LogP contribution in [0.3, 0.4) is 0 Å². The number of aromatic amines is 1. The van der Waals surface area contributed by atoms with Crippen LogP contribution in [0.25, 0.3) is 22.4 Å². The van der Waals surface area contributed by atoms with Gasteiger partial charge >= 0.3 is 0 Å². The summed E-state index contributed by atoms with van der Waals surface area (Å²) in [6.07, 6.45) is 0. The summed E-state index contributed by atoms with van der Waals surface area (Å²) in [5.74, 6) is 0.705. The van der Waals surface area contributed by atoms with Crippen LogP contribution in [-0.2, 0) is 11.3 Å². The average Bonchev–Trinajstić information content (AvgIpc) is 2.99. The van der Waals surface area contributed by atoms with Gasteiger partial charge in [0.1, 0.15) is 5.82 Å². The van der Waals surface area contributed by atoms with Crippen LogP contribution in [-0.4, -0.2) is 23.9 Å². The molecule has 1 unspecified atom stereocenters. The van der Waals surface area contributed by atoms with Crippen LogP contribution in [0, 0.1) is 6.92 Å². The van der Waals surface area contributed by atoms with E-state index in [9.17, 15) is 9.42 Å². The third kappa shape index (κ3) is 3.76. The fraction of sp³-hybridized carbons (Fsp3) is 0.188. The van der Waals surface area contributed by atoms with Crippen molar-refractivity contribution >= 4 is 28.0 Å². The molecule has 3 rings (SSSR count). The first kappa shape index (κ1) is 17.1. The molecule has 0 saturated heterocycles. The van der Waals surface area contributed by atoms with E-state index in [-0.39, 0.29) is 10.2 Å². The predicted octanol–water partition coefficient (Wildman–Crippen LogP) is 3.90. The largest absolute Gasteiger partial charge is 0.338 e. The SMILES string of the molecule is CC.Cc1ccc(-c2nc3ccc(N(O)S(=O)O)cc3[nH]2)cc1. The highest BCUT2D eigenvalue weighted by Crippen LogP contribution is 2.24. The Bertz CT molecular complexity index is 815. The Hall–Kier alpha value is -2.22. The maximum Gasteiger partial charge on any atom is 0.286 e. The number of aromatic nitrogens is 2. The number of aryl methyl sites for hydroxylation is 1. The summed E-state index contributed by atoms with van der Waals surface area (Å²) in [7, 11) is 0. The van der Waals surface area contributed by atoms with Crippen molar-refractivity contribution in [3.63, 3.8) is 0 Å². The number of fused-ring (bicyclic) bond motifs is 1. The molecule has 0 saturated carbocycles. The highest BCUT2D eigenvalue weighted by atomic mass is 32.2. The molecule has 0 amide bonds. The van der Waals surface area contributed by atoms with Gasteiger partial charge in [0, 0.05) is 5.56 Å². The summed E-state index contributed by atoms with van der Waals surface area (Å²) in [5.41, 5.74) is 3.71. The predicted molar refractivity (Wildman–Crippen MR) is 92.7 cm³/mol. The van der Waals surface area contributed by atoms with Crippen LogP contribution >= 0.6 is 0 Å². The van der Waals surface area contributed by atoms with Crippen molar-refractivity contribution in [2.75, 3.05) is 4.47 Å². The summed E-state index contributed by atoms with van der Waals surface area (Å²) in [5, 5.41) is 9.46. The number of benzene rings is 2. The van der Waals surface area contributed by atoms with Gasteiger partial charge in [-0.05, 0) is 25.1 Å². The molecule has 1 atom stereocenters. The van der Waals surface area contributed by atoms with Gasteiger partial charge in [-0.15, -0.1) is 4.47 Å². The van der Waals surface area contributed by atoms with Crippen molar-refractivity contribution in [3.05, 3.63) is 48.0 Å². The monoisotopic (exact) mass is 333 g/mol. The molecule has 0 aliphatic carbocycles. The second-order valence-electron chi connectivity index (χ2n) is 4.66. The maximum atomic E-state index is 10.9. The van der Waals surface area contributed by atoms with Crippen molar-refractivity contribution in [2.45, 2.75) is 20.8 Å². The number of nitrogens with one attached hydrogen (secondary N) is 1. The van der Waals surface area contributed by atoms with E-state index in [1.54, 1.807) is 12.1 Å². The van der Waals surface area contributed by atoms with E-state index in [1.807, 2.05) is 45.0 Å². The Morgan fingerprint density at radius 3 is 2.39 bits per heavy atom. The summed E-state index contributed by atoms with van der Waals surface area (Å²) in [6.45, 7) is 6.01. The molecule has 7 heteroatoms. The van der Waals surface area contributed by atoms with E-state index < -0.39 is 11.3 Å². The van der Waals surface area contributed by atoms with Crippen molar-refractivity contribution < 1.29 is 14.0 Å². The van der Waals surface area contributed by atoms with Crippen molar-refractivity contribution in [3.8, 4) is 11.4 Å². The van der Waals surface area contributed by atoms with Crippen LogP contribution in [0.4, 0.5) is 5.69 Å². The van der Waals surface area contributed by atoms with E-state index >= 15 is 0 Å². The lowest BCUT2D eigenvalue weighted by molar-refractivity contribution is 0.312. The minimum atomic E-state index is -2.48. The van der Waals surface area contributed by atoms with E-state index in [0.29, 0.717) is 16.9 Å². The van der Waals surface area contributed by atoms with Gasteiger partial charge in [0.15, 0.2) is 0 Å². The van der Waals surface area contributed by atoms with Gasteiger partial charge in [0.25, 0.3) is 11.3 Å². The number of imidazole rings is 1. The normalized spacial score (nSPS) is 11.7. The Morgan fingerprint density at radius 1 is 1.13 bits per heavy atom. The number of anilines is 1. The average molecular weight is 333 g/mol. The molecule has 1 aromatic heterocycles. The third-order valence-electron chi connectivity index (χ3n) is 3.16. The molecular formula is C16H19N3O3S. The second kappa shape index (κ2) is 7.36. The van der Waals surface area contributed by atoms with Crippen LogP contribution in [0.5, 0.6) is 0 Å². The maximum absolute atomic E-state index is 10.9. The number of hydrogen-bond donors (Lipinski definition) is 3. The molecule has 0 spiro atoms. The molecule has 6 nitrogen and oxygen atoms in total. The molecule has 2 aromatic carbocycles. The van der Waals surface area contributed by atoms with Crippen molar-refractivity contribution in [1.82, 2.24) is 9.97 Å². The van der Waals surface area contributed by atoms with Crippen LogP contribution in [0.2, 0.25) is 0 Å². The Balaban J connectivity index is 0.000000924. The lowest BCUT2D eigenvalue weighted by Gasteiger charge is -2.10. The standard InChI is InChI=1S/C14H13N3O3S.C2H6/c1-9-2-4-10(5-3-9)14-15-12-7-6-11(8-13(12)16-14)17(18)21(19)20;1-2/h2-8,18H,1H3,(H,15,16)(H,19,20);1-2H3. The molecule has 23 heavy (non-hydrogen) atoms. The molecule has 0 aliphatic rings. The zero-order valence-corrected chi connectivity index (χ0v) is 14.0. The Morgan fingerprint density at radius 2 is 1.78 bits per heavy atom. The van der Waals surface area contributed by atoms with Gasteiger partial charge in [0.2, 0.25) is 0 Å². The minimum absolute atomic E-state index is 0.211. The van der Waals surface area contributed by atoms with Crippen LogP contribution in [0.15, 0.2) is 42.5 Å². The topological polar surface area (TPSA) is 89.4 Å². The lowest BCUT2D eigenvalue weighted by Crippen LogP contribution is -2.19. The molecule has 122 valence electrons. The first-order chi connectivity index (χ1) is 11.0. The van der Waals surface area contributed by atoms with Gasteiger partial charge in [-0.25, -0.2) is 9.19 Å². The minimum Gasteiger partial charge on any atom is -0.338 e. The number of hydrogen-bond acceptors (Lipinski definition) is 3. The summed E-state index contributed by atoms with van der Waals surface area (Å²) in [6, 6.07) is 12.7. The summed E-state index contributed by atoms with van der Waals surface area (Å²) < 4.78 is 20.0. The van der Waals surface area contributed by atoms with E-state index in [2.05, 4.69) is 9.97 Å². The van der Waals surface area contributed by atoms with Gasteiger partial charge < -0.3 is 4.98 Å². The first-order valence-corrected chi connectivity index (χ1v) is 8.28. The molecule has 0 aliphatic heterocycles. The number of H-pyrrole nitrogens is 1. The third-order valence-corrected chi connectivity index (χ3v) is 3.67. The Kier molecular flexibility index (Phi) is 5.49. The fourth-order valence-electron chi connectivity index (χ4n) is 2.05. The van der Waals surface area contributed by atoms with Crippen molar-refractivity contribution in [1.29, 1.82) is 0 Å².